The van der Waals surface area contributed by atoms with E-state index in [0.717, 1.165) is 12.0 Å². The third-order valence-electron chi connectivity index (χ3n) is 3.54. The van der Waals surface area contributed by atoms with Gasteiger partial charge in [-0.15, -0.1) is 0 Å². The Balaban J connectivity index is 1.93. The van der Waals surface area contributed by atoms with Crippen molar-refractivity contribution >= 4 is 23.2 Å². The van der Waals surface area contributed by atoms with Crippen LogP contribution in [0.15, 0.2) is 18.2 Å². The molecule has 1 aromatic rings. The lowest BCUT2D eigenvalue weighted by Crippen LogP contribution is -2.41. The standard InChI is InChI=1S/C14H19Cl2NO/c1-17-13-4-2-3-5-14(13)18-9-10-6-7-11(15)8-12(10)16/h6-8,13-14,17H,2-5,9H2,1H3. The second kappa shape index (κ2) is 6.76. The third kappa shape index (κ3) is 3.61. The third-order valence-corrected chi connectivity index (χ3v) is 4.13. The summed E-state index contributed by atoms with van der Waals surface area (Å²) in [5, 5.41) is 4.68. The Hall–Kier alpha value is -0.280. The molecule has 100 valence electrons. The Morgan fingerprint density at radius 3 is 2.78 bits per heavy atom. The molecule has 0 aromatic heterocycles. The Kier molecular flexibility index (Phi) is 5.31. The summed E-state index contributed by atoms with van der Waals surface area (Å²) in [6.45, 7) is 0.554. The lowest BCUT2D eigenvalue weighted by atomic mass is 9.92. The van der Waals surface area contributed by atoms with E-state index in [1.807, 2.05) is 19.2 Å². The van der Waals surface area contributed by atoms with Gasteiger partial charge in [0.1, 0.15) is 0 Å². The number of ether oxygens (including phenoxy) is 1. The van der Waals surface area contributed by atoms with Gasteiger partial charge in [-0.2, -0.15) is 0 Å². The van der Waals surface area contributed by atoms with Crippen LogP contribution in [-0.2, 0) is 11.3 Å². The number of rotatable bonds is 4. The number of benzene rings is 1. The first-order valence-electron chi connectivity index (χ1n) is 6.43. The molecule has 2 rings (SSSR count). The van der Waals surface area contributed by atoms with E-state index in [1.165, 1.54) is 19.3 Å². The number of likely N-dealkylation sites (N-methyl/N-ethyl adjacent to an activating group) is 1. The molecule has 1 N–H and O–H groups in total. The molecular weight excluding hydrogens is 269 g/mol. The summed E-state index contributed by atoms with van der Waals surface area (Å²) < 4.78 is 6.00. The van der Waals surface area contributed by atoms with Crippen molar-refractivity contribution in [3.05, 3.63) is 33.8 Å². The zero-order valence-corrected chi connectivity index (χ0v) is 12.1. The minimum Gasteiger partial charge on any atom is -0.372 e. The highest BCUT2D eigenvalue weighted by molar-refractivity contribution is 6.35. The van der Waals surface area contributed by atoms with Crippen molar-refractivity contribution in [3.63, 3.8) is 0 Å². The van der Waals surface area contributed by atoms with E-state index >= 15 is 0 Å². The van der Waals surface area contributed by atoms with Gasteiger partial charge in [0.15, 0.2) is 0 Å². The van der Waals surface area contributed by atoms with E-state index in [-0.39, 0.29) is 6.10 Å². The summed E-state index contributed by atoms with van der Waals surface area (Å²) in [7, 11) is 2.00. The Morgan fingerprint density at radius 2 is 2.06 bits per heavy atom. The molecular formula is C14H19Cl2NO. The molecule has 0 aliphatic heterocycles. The van der Waals surface area contributed by atoms with E-state index < -0.39 is 0 Å². The van der Waals surface area contributed by atoms with Gasteiger partial charge in [-0.1, -0.05) is 42.1 Å². The molecule has 1 fully saturated rings. The first-order valence-corrected chi connectivity index (χ1v) is 7.19. The molecule has 18 heavy (non-hydrogen) atoms. The van der Waals surface area contributed by atoms with Crippen molar-refractivity contribution < 1.29 is 4.74 Å². The average Bonchev–Trinajstić information content (AvgIpc) is 2.38. The van der Waals surface area contributed by atoms with Gasteiger partial charge in [0.2, 0.25) is 0 Å². The number of hydrogen-bond donors (Lipinski definition) is 1. The zero-order valence-electron chi connectivity index (χ0n) is 10.6. The number of hydrogen-bond acceptors (Lipinski definition) is 2. The summed E-state index contributed by atoms with van der Waals surface area (Å²) in [6, 6.07) is 6.01. The smallest absolute Gasteiger partial charge is 0.0735 e. The van der Waals surface area contributed by atoms with Crippen LogP contribution < -0.4 is 5.32 Å². The van der Waals surface area contributed by atoms with Gasteiger partial charge in [-0.25, -0.2) is 0 Å². The van der Waals surface area contributed by atoms with E-state index in [4.69, 9.17) is 27.9 Å². The molecule has 2 atom stereocenters. The lowest BCUT2D eigenvalue weighted by Gasteiger charge is -2.31. The van der Waals surface area contributed by atoms with Gasteiger partial charge in [0.25, 0.3) is 0 Å². The van der Waals surface area contributed by atoms with Crippen molar-refractivity contribution in [2.45, 2.75) is 44.4 Å². The molecule has 0 radical (unpaired) electrons. The van der Waals surface area contributed by atoms with E-state index in [1.54, 1.807) is 6.07 Å². The SMILES string of the molecule is CNC1CCCCC1OCc1ccc(Cl)cc1Cl. The highest BCUT2D eigenvalue weighted by Crippen LogP contribution is 2.25. The van der Waals surface area contributed by atoms with Crippen molar-refractivity contribution in [1.29, 1.82) is 0 Å². The second-order valence-electron chi connectivity index (χ2n) is 4.76. The predicted octanol–water partition coefficient (Wildman–Crippen LogP) is 4.04. The molecule has 1 aliphatic rings. The van der Waals surface area contributed by atoms with Crippen LogP contribution in [0, 0.1) is 0 Å². The molecule has 0 saturated heterocycles. The molecule has 0 spiro atoms. The molecule has 1 aliphatic carbocycles. The quantitative estimate of drug-likeness (QED) is 0.902. The highest BCUT2D eigenvalue weighted by atomic mass is 35.5. The van der Waals surface area contributed by atoms with Gasteiger partial charge in [-0.05, 0) is 37.6 Å². The van der Waals surface area contributed by atoms with Gasteiger partial charge >= 0.3 is 0 Å². The Bertz CT molecular complexity index is 397. The normalized spacial score (nSPS) is 24.2. The number of nitrogens with one attached hydrogen (secondary N) is 1. The van der Waals surface area contributed by atoms with E-state index in [9.17, 15) is 0 Å². The van der Waals surface area contributed by atoms with Crippen LogP contribution in [0.2, 0.25) is 10.0 Å². The summed E-state index contributed by atoms with van der Waals surface area (Å²) in [4.78, 5) is 0. The van der Waals surface area contributed by atoms with Gasteiger partial charge in [-0.3, -0.25) is 0 Å². The fourth-order valence-electron chi connectivity index (χ4n) is 2.46. The topological polar surface area (TPSA) is 21.3 Å². The van der Waals surface area contributed by atoms with Crippen LogP contribution in [0.3, 0.4) is 0 Å². The zero-order chi connectivity index (χ0) is 13.0. The molecule has 0 bridgehead atoms. The van der Waals surface area contributed by atoms with Gasteiger partial charge in [0.05, 0.1) is 12.7 Å². The molecule has 2 nitrogen and oxygen atoms in total. The molecule has 2 unspecified atom stereocenters. The molecule has 1 saturated carbocycles. The molecule has 4 heteroatoms. The molecule has 0 heterocycles. The fourth-order valence-corrected chi connectivity index (χ4v) is 2.93. The Labute approximate surface area is 119 Å². The molecule has 0 amide bonds. The second-order valence-corrected chi connectivity index (χ2v) is 5.61. The minimum atomic E-state index is 0.287. The van der Waals surface area contributed by atoms with Crippen LogP contribution in [-0.4, -0.2) is 19.2 Å². The summed E-state index contributed by atoms with van der Waals surface area (Å²) >= 11 is 12.0. The largest absolute Gasteiger partial charge is 0.372 e. The van der Waals surface area contributed by atoms with Crippen molar-refractivity contribution in [3.8, 4) is 0 Å². The Morgan fingerprint density at radius 1 is 1.28 bits per heavy atom. The van der Waals surface area contributed by atoms with Crippen molar-refractivity contribution in [1.82, 2.24) is 5.32 Å². The monoisotopic (exact) mass is 287 g/mol. The van der Waals surface area contributed by atoms with Crippen LogP contribution >= 0.6 is 23.2 Å². The number of halogens is 2. The van der Waals surface area contributed by atoms with Crippen LogP contribution in [0.4, 0.5) is 0 Å². The summed E-state index contributed by atoms with van der Waals surface area (Å²) in [5.74, 6) is 0. The first-order chi connectivity index (χ1) is 8.70. The molecule has 1 aromatic carbocycles. The maximum absolute atomic E-state index is 6.14. The maximum atomic E-state index is 6.14. The fraction of sp³-hybridized carbons (Fsp3) is 0.571. The summed E-state index contributed by atoms with van der Waals surface area (Å²) in [6.07, 6.45) is 5.13. The van der Waals surface area contributed by atoms with Crippen LogP contribution in [0.25, 0.3) is 0 Å². The average molecular weight is 288 g/mol. The lowest BCUT2D eigenvalue weighted by molar-refractivity contribution is -0.00357. The maximum Gasteiger partial charge on any atom is 0.0735 e. The van der Waals surface area contributed by atoms with Crippen molar-refractivity contribution in [2.75, 3.05) is 7.05 Å². The first kappa shape index (κ1) is 14.1. The van der Waals surface area contributed by atoms with E-state index in [2.05, 4.69) is 5.32 Å². The van der Waals surface area contributed by atoms with E-state index in [0.29, 0.717) is 22.7 Å². The van der Waals surface area contributed by atoms with Crippen molar-refractivity contribution in [2.24, 2.45) is 0 Å². The minimum absolute atomic E-state index is 0.287. The predicted molar refractivity (Wildman–Crippen MR) is 76.4 cm³/mol. The van der Waals surface area contributed by atoms with Crippen LogP contribution in [0.1, 0.15) is 31.2 Å². The van der Waals surface area contributed by atoms with Gasteiger partial charge in [0, 0.05) is 16.1 Å². The van der Waals surface area contributed by atoms with Crippen LogP contribution in [0.5, 0.6) is 0 Å². The highest BCUT2D eigenvalue weighted by Gasteiger charge is 2.24. The summed E-state index contributed by atoms with van der Waals surface area (Å²) in [5.41, 5.74) is 1.00. The van der Waals surface area contributed by atoms with Gasteiger partial charge < -0.3 is 10.1 Å².